The summed E-state index contributed by atoms with van der Waals surface area (Å²) >= 11 is 0. The lowest BCUT2D eigenvalue weighted by molar-refractivity contribution is -0.0525. The van der Waals surface area contributed by atoms with Gasteiger partial charge >= 0.3 is 6.61 Å². The minimum absolute atomic E-state index is 0.0560. The normalized spacial score (nSPS) is 11.6. The summed E-state index contributed by atoms with van der Waals surface area (Å²) in [5.41, 5.74) is 2.81. The molecule has 1 aliphatic rings. The number of benzene rings is 1. The van der Waals surface area contributed by atoms with Gasteiger partial charge in [-0.3, -0.25) is 0 Å². The third-order valence-corrected chi connectivity index (χ3v) is 7.19. The molecule has 1 aromatic carbocycles. The lowest BCUT2D eigenvalue weighted by Gasteiger charge is -2.25. The molecule has 2 aromatic heterocycles. The Hall–Kier alpha value is -4.22. The van der Waals surface area contributed by atoms with Crippen LogP contribution in [0.5, 0.6) is 17.5 Å². The zero-order valence-corrected chi connectivity index (χ0v) is 35.3. The SMILES string of the molecule is C=C(c1ccc(COc2nc(-c3c(OC(F)F)ncnc3C3CC3)ncc2OC)cc1)N(/C=C(\C)C(C)(F)F)CCC.CC.CC.CC.CC.CCCC. The van der Waals surface area contributed by atoms with Gasteiger partial charge in [-0.1, -0.05) is 120 Å². The van der Waals surface area contributed by atoms with E-state index in [1.807, 2.05) is 86.6 Å². The summed E-state index contributed by atoms with van der Waals surface area (Å²) in [4.78, 5) is 18.6. The van der Waals surface area contributed by atoms with E-state index in [-0.39, 0.29) is 47.0 Å². The van der Waals surface area contributed by atoms with Crippen LogP contribution in [0.15, 0.2) is 55.1 Å². The van der Waals surface area contributed by atoms with Crippen molar-refractivity contribution in [3.8, 4) is 28.9 Å². The summed E-state index contributed by atoms with van der Waals surface area (Å²) in [5, 5.41) is 0. The second-order valence-corrected chi connectivity index (χ2v) is 11.0. The predicted molar refractivity (Wildman–Crippen MR) is 215 cm³/mol. The maximum Gasteiger partial charge on any atom is 0.388 e. The number of nitrogens with zero attached hydrogens (tertiary/aromatic N) is 5. The molecule has 0 bridgehead atoms. The molecule has 1 saturated carbocycles. The Morgan fingerprint density at radius 2 is 1.48 bits per heavy atom. The number of unbranched alkanes of at least 4 members (excludes halogenated alkanes) is 1. The number of methoxy groups -OCH3 is 1. The van der Waals surface area contributed by atoms with Crippen molar-refractivity contribution in [1.82, 2.24) is 24.8 Å². The van der Waals surface area contributed by atoms with Crippen molar-refractivity contribution in [2.45, 2.75) is 147 Å². The smallest absolute Gasteiger partial charge is 0.388 e. The van der Waals surface area contributed by atoms with Gasteiger partial charge in [0.1, 0.15) is 18.5 Å². The van der Waals surface area contributed by atoms with Crippen LogP contribution in [-0.2, 0) is 6.61 Å². The first-order valence-electron chi connectivity index (χ1n) is 19.4. The zero-order valence-electron chi connectivity index (χ0n) is 35.3. The van der Waals surface area contributed by atoms with Gasteiger partial charge in [0.2, 0.25) is 5.88 Å². The van der Waals surface area contributed by atoms with Gasteiger partial charge in [0.25, 0.3) is 11.8 Å². The van der Waals surface area contributed by atoms with E-state index in [0.717, 1.165) is 37.3 Å². The molecule has 306 valence electrons. The molecule has 0 N–H and O–H groups in total. The molecule has 4 rings (SSSR count). The highest BCUT2D eigenvalue weighted by Crippen LogP contribution is 2.45. The van der Waals surface area contributed by atoms with E-state index in [2.05, 4.69) is 45.1 Å². The van der Waals surface area contributed by atoms with Crippen LogP contribution < -0.4 is 14.2 Å². The molecule has 0 atom stereocenters. The molecule has 0 radical (unpaired) electrons. The first-order valence-corrected chi connectivity index (χ1v) is 19.4. The van der Waals surface area contributed by atoms with Crippen LogP contribution in [0.2, 0.25) is 0 Å². The van der Waals surface area contributed by atoms with Gasteiger partial charge in [0.05, 0.1) is 19.0 Å². The molecule has 12 heteroatoms. The van der Waals surface area contributed by atoms with Gasteiger partial charge < -0.3 is 19.1 Å². The Bertz CT molecular complexity index is 1460. The molecular formula is C42H67F4N5O3. The monoisotopic (exact) mass is 766 g/mol. The van der Waals surface area contributed by atoms with Crippen molar-refractivity contribution in [3.63, 3.8) is 0 Å². The number of rotatable bonds is 15. The van der Waals surface area contributed by atoms with Crippen molar-refractivity contribution in [1.29, 1.82) is 0 Å². The highest BCUT2D eigenvalue weighted by atomic mass is 19.3. The second-order valence-electron chi connectivity index (χ2n) is 11.0. The standard InChI is InChI=1S/C30H33F4N5O3.C4H10.4C2H6/c1-6-13-39(15-18(2)30(4,33)34)19(3)21-9-7-20(8-10-21)16-41-27-23(40-5)14-35-26(38-27)24-25(22-11-12-22)36-17-37-28(24)42-29(31)32;1-3-4-2;4*1-2/h7-10,14-15,17,22,29H,3,6,11-13,16H2,1-2,4-5H3;3-4H2,1-2H3;4*1-2H3/b18-15+;;;;;. The predicted octanol–water partition coefficient (Wildman–Crippen LogP) is 13.2. The van der Waals surface area contributed by atoms with E-state index in [1.54, 1.807) is 4.90 Å². The van der Waals surface area contributed by atoms with Gasteiger partial charge in [0, 0.05) is 36.9 Å². The van der Waals surface area contributed by atoms with Gasteiger partial charge in [-0.15, -0.1) is 0 Å². The van der Waals surface area contributed by atoms with Crippen LogP contribution in [0.25, 0.3) is 17.1 Å². The fourth-order valence-electron chi connectivity index (χ4n) is 4.13. The molecule has 3 aromatic rings. The Kier molecular flexibility index (Phi) is 28.0. The number of alkyl halides is 4. The van der Waals surface area contributed by atoms with Crippen molar-refractivity contribution in [2.75, 3.05) is 13.7 Å². The number of hydrogen-bond donors (Lipinski definition) is 0. The number of ether oxygens (including phenoxy) is 3. The molecule has 2 heterocycles. The Morgan fingerprint density at radius 1 is 0.907 bits per heavy atom. The molecular weight excluding hydrogens is 698 g/mol. The van der Waals surface area contributed by atoms with Gasteiger partial charge in [-0.25, -0.2) is 23.7 Å². The highest BCUT2D eigenvalue weighted by molar-refractivity contribution is 5.67. The maximum atomic E-state index is 13.8. The molecule has 1 fully saturated rings. The molecule has 1 aliphatic carbocycles. The first-order chi connectivity index (χ1) is 25.9. The Morgan fingerprint density at radius 3 is 1.94 bits per heavy atom. The lowest BCUT2D eigenvalue weighted by Crippen LogP contribution is -2.20. The van der Waals surface area contributed by atoms with Crippen molar-refractivity contribution >= 4 is 5.70 Å². The Labute approximate surface area is 323 Å². The molecule has 0 unspecified atom stereocenters. The number of aromatic nitrogens is 4. The topological polar surface area (TPSA) is 82.5 Å². The van der Waals surface area contributed by atoms with E-state index in [4.69, 9.17) is 9.47 Å². The summed E-state index contributed by atoms with van der Waals surface area (Å²) in [6.45, 7) is 26.3. The number of halogens is 4. The van der Waals surface area contributed by atoms with Gasteiger partial charge in [0.15, 0.2) is 11.6 Å². The molecule has 54 heavy (non-hydrogen) atoms. The summed E-state index contributed by atoms with van der Waals surface area (Å²) in [6.07, 6.45) is 9.12. The summed E-state index contributed by atoms with van der Waals surface area (Å²) in [5.74, 6) is -2.74. The van der Waals surface area contributed by atoms with Crippen LogP contribution in [0.4, 0.5) is 17.6 Å². The van der Waals surface area contributed by atoms with Crippen molar-refractivity contribution in [3.05, 3.63) is 72.0 Å². The van der Waals surface area contributed by atoms with Crippen LogP contribution in [0, 0.1) is 0 Å². The number of allylic oxidation sites excluding steroid dienone is 1. The highest BCUT2D eigenvalue weighted by Gasteiger charge is 2.32. The third-order valence-electron chi connectivity index (χ3n) is 7.19. The van der Waals surface area contributed by atoms with Crippen molar-refractivity contribution in [2.24, 2.45) is 0 Å². The minimum Gasteiger partial charge on any atom is -0.490 e. The summed E-state index contributed by atoms with van der Waals surface area (Å²) in [6, 6.07) is 7.32. The summed E-state index contributed by atoms with van der Waals surface area (Å²) in [7, 11) is 1.44. The van der Waals surface area contributed by atoms with Crippen molar-refractivity contribution < 1.29 is 31.8 Å². The number of hydrogen-bond acceptors (Lipinski definition) is 8. The third kappa shape index (κ3) is 17.7. The van der Waals surface area contributed by atoms with Gasteiger partial charge in [-0.2, -0.15) is 13.8 Å². The van der Waals surface area contributed by atoms with E-state index < -0.39 is 12.5 Å². The zero-order chi connectivity index (χ0) is 41.9. The fraction of sp³-hybridized carbons (Fsp3) is 0.571. The van der Waals surface area contributed by atoms with Gasteiger partial charge in [-0.05, 0) is 37.3 Å². The fourth-order valence-corrected chi connectivity index (χ4v) is 4.13. The lowest BCUT2D eigenvalue weighted by atomic mass is 10.1. The van der Waals surface area contributed by atoms with E-state index in [1.165, 1.54) is 45.6 Å². The second kappa shape index (κ2) is 29.2. The van der Waals surface area contributed by atoms with E-state index in [0.29, 0.717) is 17.9 Å². The van der Waals surface area contributed by atoms with Crippen LogP contribution in [0.1, 0.15) is 145 Å². The largest absolute Gasteiger partial charge is 0.490 e. The van der Waals surface area contributed by atoms with Crippen LogP contribution >= 0.6 is 0 Å². The average Bonchev–Trinajstić information content (AvgIpc) is 4.05. The molecule has 0 saturated heterocycles. The summed E-state index contributed by atoms with van der Waals surface area (Å²) < 4.78 is 69.8. The first kappa shape index (κ1) is 51.9. The molecule has 8 nitrogen and oxygen atoms in total. The molecule has 0 amide bonds. The minimum atomic E-state index is -3.08. The quantitative estimate of drug-likeness (QED) is 0.141. The maximum absolute atomic E-state index is 13.8. The molecule has 0 spiro atoms. The Balaban J connectivity index is 0. The van der Waals surface area contributed by atoms with E-state index in [9.17, 15) is 17.6 Å². The van der Waals surface area contributed by atoms with E-state index >= 15 is 0 Å². The van der Waals surface area contributed by atoms with Crippen LogP contribution in [0.3, 0.4) is 0 Å². The average molecular weight is 766 g/mol. The molecule has 0 aliphatic heterocycles. The van der Waals surface area contributed by atoms with Crippen LogP contribution in [-0.4, -0.2) is 51.0 Å².